The molecule has 2 N–H and O–H groups in total. The van der Waals surface area contributed by atoms with E-state index in [4.69, 9.17) is 4.42 Å². The van der Waals surface area contributed by atoms with Crippen molar-refractivity contribution in [2.45, 2.75) is 6.92 Å². The van der Waals surface area contributed by atoms with Crippen molar-refractivity contribution in [2.24, 2.45) is 0 Å². The summed E-state index contributed by atoms with van der Waals surface area (Å²) in [5.74, 6) is -2.32. The van der Waals surface area contributed by atoms with Gasteiger partial charge >= 0.3 is 12.0 Å². The number of benzene rings is 2. The Labute approximate surface area is 176 Å². The number of nitrogens with one attached hydrogen (secondary N) is 1. The van der Waals surface area contributed by atoms with Gasteiger partial charge in [0.25, 0.3) is 11.8 Å². The lowest BCUT2D eigenvalue weighted by atomic mass is 10.1. The van der Waals surface area contributed by atoms with Crippen LogP contribution in [0.15, 0.2) is 70.7 Å². The molecule has 1 aromatic heterocycles. The molecule has 2 aromatic carbocycles. The molecule has 3 aromatic rings. The number of hydrogen-bond donors (Lipinski definition) is 2. The number of anilines is 1. The lowest BCUT2D eigenvalue weighted by Gasteiger charge is -2.26. The molecule has 1 fully saturated rings. The number of carboxylic acid groups (broad SMARTS) is 1. The molecule has 0 radical (unpaired) electrons. The monoisotopic (exact) mass is 416 g/mol. The zero-order valence-corrected chi connectivity index (χ0v) is 16.3. The van der Waals surface area contributed by atoms with Crippen LogP contribution in [0, 0.1) is 6.92 Å². The minimum absolute atomic E-state index is 0.0544. The van der Waals surface area contributed by atoms with Crippen molar-refractivity contribution in [3.63, 3.8) is 0 Å². The molecule has 0 spiro atoms. The molecular formula is C23H16N2O6. The summed E-state index contributed by atoms with van der Waals surface area (Å²) >= 11 is 0. The predicted molar refractivity (Wildman–Crippen MR) is 111 cm³/mol. The van der Waals surface area contributed by atoms with Gasteiger partial charge in [-0.25, -0.2) is 14.5 Å². The van der Waals surface area contributed by atoms with Crippen LogP contribution >= 0.6 is 0 Å². The molecule has 0 bridgehead atoms. The number of rotatable bonds is 4. The van der Waals surface area contributed by atoms with E-state index < -0.39 is 23.8 Å². The molecule has 0 atom stereocenters. The number of urea groups is 1. The van der Waals surface area contributed by atoms with Gasteiger partial charge in [-0.1, -0.05) is 30.3 Å². The molecule has 8 nitrogen and oxygen atoms in total. The van der Waals surface area contributed by atoms with Gasteiger partial charge in [-0.3, -0.25) is 14.9 Å². The molecule has 31 heavy (non-hydrogen) atoms. The first-order valence-electron chi connectivity index (χ1n) is 9.26. The molecular weight excluding hydrogens is 400 g/mol. The minimum Gasteiger partial charge on any atom is -0.478 e. The summed E-state index contributed by atoms with van der Waals surface area (Å²) in [4.78, 5) is 49.9. The number of nitrogens with zero attached hydrogens (tertiary/aromatic N) is 1. The van der Waals surface area contributed by atoms with Crippen LogP contribution in [-0.4, -0.2) is 28.9 Å². The quantitative estimate of drug-likeness (QED) is 0.496. The highest BCUT2D eigenvalue weighted by Gasteiger charge is 2.37. The third-order valence-electron chi connectivity index (χ3n) is 4.70. The fraction of sp³-hybridized carbons (Fsp3) is 0.0435. The van der Waals surface area contributed by atoms with E-state index in [1.807, 2.05) is 13.0 Å². The van der Waals surface area contributed by atoms with Gasteiger partial charge < -0.3 is 9.52 Å². The van der Waals surface area contributed by atoms with E-state index in [2.05, 4.69) is 5.32 Å². The maximum Gasteiger partial charge on any atom is 0.336 e. The minimum atomic E-state index is -1.11. The number of barbiturate groups is 1. The second kappa shape index (κ2) is 7.75. The molecule has 0 saturated carbocycles. The zero-order chi connectivity index (χ0) is 22.1. The number of aromatic carboxylic acids is 1. The first-order chi connectivity index (χ1) is 14.8. The number of hydrogen-bond acceptors (Lipinski definition) is 5. The van der Waals surface area contributed by atoms with Crippen molar-refractivity contribution >= 4 is 35.6 Å². The Balaban J connectivity index is 1.70. The summed E-state index contributed by atoms with van der Waals surface area (Å²) in [6, 6.07) is 15.3. The summed E-state index contributed by atoms with van der Waals surface area (Å²) in [5, 5.41) is 11.5. The van der Waals surface area contributed by atoms with Crippen molar-refractivity contribution in [1.29, 1.82) is 0 Å². The van der Waals surface area contributed by atoms with Crippen LogP contribution < -0.4 is 10.2 Å². The van der Waals surface area contributed by atoms with Crippen molar-refractivity contribution in [2.75, 3.05) is 4.90 Å². The first kappa shape index (κ1) is 19.8. The van der Waals surface area contributed by atoms with Gasteiger partial charge in [0.2, 0.25) is 0 Å². The largest absolute Gasteiger partial charge is 0.478 e. The van der Waals surface area contributed by atoms with Crippen molar-refractivity contribution in [3.8, 4) is 11.3 Å². The molecule has 0 aliphatic carbocycles. The van der Waals surface area contributed by atoms with Gasteiger partial charge in [-0.05, 0) is 48.9 Å². The van der Waals surface area contributed by atoms with Crippen molar-refractivity contribution in [3.05, 3.63) is 83.1 Å². The summed E-state index contributed by atoms with van der Waals surface area (Å²) in [7, 11) is 0. The summed E-state index contributed by atoms with van der Waals surface area (Å²) in [6.07, 6.45) is 1.22. The Hall–Kier alpha value is -4.46. The van der Waals surface area contributed by atoms with E-state index >= 15 is 0 Å². The second-order valence-corrected chi connectivity index (χ2v) is 6.85. The molecule has 1 saturated heterocycles. The summed E-state index contributed by atoms with van der Waals surface area (Å²) in [5.41, 5.74) is 1.30. The Bertz CT molecular complexity index is 1270. The topological polar surface area (TPSA) is 117 Å². The molecule has 4 rings (SSSR count). The van der Waals surface area contributed by atoms with Crippen molar-refractivity contribution < 1.29 is 28.7 Å². The molecule has 2 heterocycles. The molecule has 8 heteroatoms. The number of carboxylic acids is 1. The zero-order valence-electron chi connectivity index (χ0n) is 16.3. The SMILES string of the molecule is Cc1cccc(N2C(=O)NC(=O)/C(=C\c3ccc(-c4ccccc4C(=O)O)o3)C2=O)c1. The lowest BCUT2D eigenvalue weighted by Crippen LogP contribution is -2.54. The van der Waals surface area contributed by atoms with Crippen molar-refractivity contribution in [1.82, 2.24) is 5.32 Å². The smallest absolute Gasteiger partial charge is 0.336 e. The predicted octanol–water partition coefficient (Wildman–Crippen LogP) is 3.62. The number of imide groups is 2. The van der Waals surface area contributed by atoms with Gasteiger partial charge in [0.05, 0.1) is 11.3 Å². The average molecular weight is 416 g/mol. The normalized spacial score (nSPS) is 15.3. The van der Waals surface area contributed by atoms with E-state index in [-0.39, 0.29) is 22.7 Å². The Morgan fingerprint density at radius 3 is 2.55 bits per heavy atom. The highest BCUT2D eigenvalue weighted by atomic mass is 16.4. The van der Waals surface area contributed by atoms with Gasteiger partial charge in [-0.2, -0.15) is 0 Å². The maximum absolute atomic E-state index is 12.9. The lowest BCUT2D eigenvalue weighted by molar-refractivity contribution is -0.122. The Morgan fingerprint density at radius 2 is 1.81 bits per heavy atom. The first-order valence-corrected chi connectivity index (χ1v) is 9.26. The number of amides is 4. The van der Waals surface area contributed by atoms with Crippen LogP contribution in [0.3, 0.4) is 0 Å². The molecule has 4 amide bonds. The van der Waals surface area contributed by atoms with Crippen LogP contribution in [0.4, 0.5) is 10.5 Å². The van der Waals surface area contributed by atoms with Gasteiger partial charge in [0.15, 0.2) is 0 Å². The van der Waals surface area contributed by atoms with E-state index in [9.17, 15) is 24.3 Å². The second-order valence-electron chi connectivity index (χ2n) is 6.85. The van der Waals surface area contributed by atoms with E-state index in [1.54, 1.807) is 42.5 Å². The third-order valence-corrected chi connectivity index (χ3v) is 4.70. The van der Waals surface area contributed by atoms with Crippen LogP contribution in [0.25, 0.3) is 17.4 Å². The number of aryl methyl sites for hydroxylation is 1. The molecule has 1 aliphatic rings. The van der Waals surface area contributed by atoms with E-state index in [0.29, 0.717) is 11.3 Å². The van der Waals surface area contributed by atoms with Gasteiger partial charge in [0, 0.05) is 5.56 Å². The molecule has 1 aliphatic heterocycles. The maximum atomic E-state index is 12.9. The third kappa shape index (κ3) is 3.74. The van der Waals surface area contributed by atoms with Gasteiger partial charge in [0.1, 0.15) is 17.1 Å². The van der Waals surface area contributed by atoms with Crippen LogP contribution in [0.2, 0.25) is 0 Å². The summed E-state index contributed by atoms with van der Waals surface area (Å²) < 4.78 is 5.67. The number of furan rings is 1. The summed E-state index contributed by atoms with van der Waals surface area (Å²) in [6.45, 7) is 1.82. The average Bonchev–Trinajstić information content (AvgIpc) is 3.19. The fourth-order valence-electron chi connectivity index (χ4n) is 3.26. The number of carbonyl (C=O) groups excluding carboxylic acids is 3. The highest BCUT2D eigenvalue weighted by molar-refractivity contribution is 6.39. The van der Waals surface area contributed by atoms with Gasteiger partial charge in [-0.15, -0.1) is 0 Å². The molecule has 0 unspecified atom stereocenters. The highest BCUT2D eigenvalue weighted by Crippen LogP contribution is 2.28. The fourth-order valence-corrected chi connectivity index (χ4v) is 3.26. The molecule has 154 valence electrons. The Morgan fingerprint density at radius 1 is 1.03 bits per heavy atom. The van der Waals surface area contributed by atoms with E-state index in [0.717, 1.165) is 10.5 Å². The van der Waals surface area contributed by atoms with E-state index in [1.165, 1.54) is 18.2 Å². The van der Waals surface area contributed by atoms with Crippen LogP contribution in [-0.2, 0) is 9.59 Å². The Kier molecular flexibility index (Phi) is 4.96. The standard InChI is InChI=1S/C23H16N2O6/c1-13-5-4-6-14(11-13)25-21(27)18(20(26)24-23(25)30)12-15-9-10-19(31-15)16-7-2-3-8-17(16)22(28)29/h2-12H,1H3,(H,28,29)(H,24,26,30)/b18-12+. The van der Waals surface area contributed by atoms with Crippen LogP contribution in [0.5, 0.6) is 0 Å². The van der Waals surface area contributed by atoms with Crippen LogP contribution in [0.1, 0.15) is 21.7 Å². The number of carbonyl (C=O) groups is 4.